The van der Waals surface area contributed by atoms with E-state index in [1.807, 2.05) is 24.7 Å². The fourth-order valence-corrected chi connectivity index (χ4v) is 4.17. The number of halogens is 3. The topological polar surface area (TPSA) is 96.7 Å². The molecular weight excluding hydrogens is 411 g/mol. The molecule has 1 unspecified atom stereocenters. The van der Waals surface area contributed by atoms with Crippen LogP contribution in [-0.4, -0.2) is 42.0 Å². The van der Waals surface area contributed by atoms with Crippen LogP contribution in [0.5, 0.6) is 0 Å². The van der Waals surface area contributed by atoms with E-state index >= 15 is 0 Å². The van der Waals surface area contributed by atoms with Crippen molar-refractivity contribution < 1.29 is 23.1 Å². The van der Waals surface area contributed by atoms with Crippen molar-refractivity contribution in [3.63, 3.8) is 0 Å². The summed E-state index contributed by atoms with van der Waals surface area (Å²) in [5.41, 5.74) is 1.91. The van der Waals surface area contributed by atoms with E-state index in [2.05, 4.69) is 25.8 Å². The van der Waals surface area contributed by atoms with Gasteiger partial charge in [0.25, 0.3) is 0 Å². The van der Waals surface area contributed by atoms with Crippen LogP contribution in [0.3, 0.4) is 0 Å². The van der Waals surface area contributed by atoms with E-state index in [0.717, 1.165) is 34.3 Å². The van der Waals surface area contributed by atoms with Gasteiger partial charge < -0.3 is 10.1 Å². The van der Waals surface area contributed by atoms with Crippen molar-refractivity contribution in [1.29, 1.82) is 0 Å². The fraction of sp³-hybridized carbons (Fsp3) is 0.524. The molecule has 166 valence electrons. The minimum absolute atomic E-state index is 0.558. The van der Waals surface area contributed by atoms with Crippen molar-refractivity contribution in [2.45, 2.75) is 57.2 Å². The summed E-state index contributed by atoms with van der Waals surface area (Å²) in [6.07, 6.45) is 12.4. The van der Waals surface area contributed by atoms with Gasteiger partial charge in [0.1, 0.15) is 5.65 Å². The minimum atomic E-state index is -5.08. The molecule has 3 heterocycles. The summed E-state index contributed by atoms with van der Waals surface area (Å²) < 4.78 is 34.0. The van der Waals surface area contributed by atoms with Crippen LogP contribution in [-0.2, 0) is 4.79 Å². The molecule has 0 saturated heterocycles. The molecule has 1 atom stereocenters. The number of carboxylic acids is 1. The zero-order valence-corrected chi connectivity index (χ0v) is 16.8. The highest BCUT2D eigenvalue weighted by Crippen LogP contribution is 2.44. The Bertz CT molecular complexity index is 1030. The first kappa shape index (κ1) is 21.3. The van der Waals surface area contributed by atoms with Crippen LogP contribution in [0, 0.1) is 11.8 Å². The quantitative estimate of drug-likeness (QED) is 0.589. The first-order valence-corrected chi connectivity index (χ1v) is 10.5. The lowest BCUT2D eigenvalue weighted by molar-refractivity contribution is -0.192. The van der Waals surface area contributed by atoms with E-state index in [-0.39, 0.29) is 0 Å². The van der Waals surface area contributed by atoms with Gasteiger partial charge in [-0.15, -0.1) is 0 Å². The molecule has 2 aliphatic carbocycles. The Morgan fingerprint density at radius 2 is 1.94 bits per heavy atom. The summed E-state index contributed by atoms with van der Waals surface area (Å²) in [7, 11) is 0. The number of aliphatic carboxylic acids is 1. The smallest absolute Gasteiger partial charge is 0.475 e. The van der Waals surface area contributed by atoms with E-state index in [1.54, 1.807) is 0 Å². The van der Waals surface area contributed by atoms with Crippen molar-refractivity contribution in [2.24, 2.45) is 11.8 Å². The number of carbonyl (C=O) groups is 1. The summed E-state index contributed by atoms with van der Waals surface area (Å²) in [6.45, 7) is 0. The highest BCUT2D eigenvalue weighted by molar-refractivity contribution is 5.76. The number of nitrogens with one attached hydrogen (secondary N) is 1. The maximum Gasteiger partial charge on any atom is 0.490 e. The van der Waals surface area contributed by atoms with E-state index in [4.69, 9.17) is 15.0 Å². The number of hydrogen-bond donors (Lipinski definition) is 2. The van der Waals surface area contributed by atoms with Gasteiger partial charge in [-0.1, -0.05) is 25.7 Å². The van der Waals surface area contributed by atoms with Crippen molar-refractivity contribution in [3.05, 3.63) is 30.9 Å². The molecule has 0 bridgehead atoms. The summed E-state index contributed by atoms with van der Waals surface area (Å²) in [5.74, 6) is -0.278. The number of fused-ring (bicyclic) bond motifs is 1. The largest absolute Gasteiger partial charge is 0.490 e. The minimum Gasteiger partial charge on any atom is -0.475 e. The van der Waals surface area contributed by atoms with Gasteiger partial charge in [0.15, 0.2) is 5.82 Å². The van der Waals surface area contributed by atoms with Gasteiger partial charge in [0.05, 0.1) is 17.8 Å². The van der Waals surface area contributed by atoms with Crippen LogP contribution in [0.15, 0.2) is 30.9 Å². The number of nitrogens with zero attached hydrogens (tertiary/aromatic N) is 4. The van der Waals surface area contributed by atoms with Gasteiger partial charge in [-0.3, -0.25) is 4.68 Å². The number of carboxylic acid groups (broad SMARTS) is 1. The van der Waals surface area contributed by atoms with Crippen LogP contribution in [0.25, 0.3) is 22.4 Å². The Labute approximate surface area is 176 Å². The molecule has 31 heavy (non-hydrogen) atoms. The third-order valence-corrected chi connectivity index (χ3v) is 5.96. The second-order valence-corrected chi connectivity index (χ2v) is 8.28. The van der Waals surface area contributed by atoms with Crippen LogP contribution in [0.1, 0.15) is 51.0 Å². The van der Waals surface area contributed by atoms with E-state index in [9.17, 15) is 13.2 Å². The van der Waals surface area contributed by atoms with E-state index in [0.29, 0.717) is 6.04 Å². The SMILES string of the molecule is O=C(O)C(F)(F)F.c1cc2cnc(-c3cnn(C(CC4CC4)C4CCCC4)c3)nc2[nH]1. The Balaban J connectivity index is 0.000000289. The van der Waals surface area contributed by atoms with Crippen molar-refractivity contribution in [2.75, 3.05) is 0 Å². The number of alkyl halides is 3. The molecule has 2 aliphatic rings. The summed E-state index contributed by atoms with van der Waals surface area (Å²) in [6, 6.07) is 2.55. The molecule has 0 aromatic carbocycles. The average molecular weight is 435 g/mol. The Morgan fingerprint density at radius 3 is 2.58 bits per heavy atom. The standard InChI is InChI=1S/C19H23N5.C2HF3O2/c1-2-4-14(3-1)17(9-13-5-6-13)24-12-16(11-22-24)19-21-10-15-7-8-20-18(15)23-19;3-2(4,5)1(6)7/h7-8,10-14,17H,1-6,9H2,(H,20,21,23);(H,6,7). The lowest BCUT2D eigenvalue weighted by Crippen LogP contribution is -2.21. The lowest BCUT2D eigenvalue weighted by atomic mass is 9.93. The summed E-state index contributed by atoms with van der Waals surface area (Å²) in [5, 5.41) is 12.9. The molecule has 0 amide bonds. The predicted molar refractivity (Wildman–Crippen MR) is 107 cm³/mol. The van der Waals surface area contributed by atoms with Gasteiger partial charge in [-0.25, -0.2) is 14.8 Å². The third-order valence-electron chi connectivity index (χ3n) is 5.96. The molecule has 10 heteroatoms. The Morgan fingerprint density at radius 1 is 1.23 bits per heavy atom. The molecule has 5 rings (SSSR count). The van der Waals surface area contributed by atoms with Crippen molar-refractivity contribution >= 4 is 17.0 Å². The molecule has 0 aliphatic heterocycles. The molecule has 3 aromatic rings. The summed E-state index contributed by atoms with van der Waals surface area (Å²) in [4.78, 5) is 21.2. The number of aromatic amines is 1. The zero-order chi connectivity index (χ0) is 22.0. The van der Waals surface area contributed by atoms with Gasteiger partial charge in [0.2, 0.25) is 0 Å². The Hall–Kier alpha value is -2.91. The second kappa shape index (κ2) is 8.68. The van der Waals surface area contributed by atoms with Gasteiger partial charge >= 0.3 is 12.1 Å². The van der Waals surface area contributed by atoms with Crippen LogP contribution < -0.4 is 0 Å². The van der Waals surface area contributed by atoms with Gasteiger partial charge in [-0.05, 0) is 37.2 Å². The second-order valence-electron chi connectivity index (χ2n) is 8.28. The van der Waals surface area contributed by atoms with E-state index in [1.165, 1.54) is 44.9 Å². The van der Waals surface area contributed by atoms with Gasteiger partial charge in [-0.2, -0.15) is 18.3 Å². The molecular formula is C21H24F3N5O2. The number of aromatic nitrogens is 5. The first-order chi connectivity index (χ1) is 14.8. The molecule has 3 aromatic heterocycles. The fourth-order valence-electron chi connectivity index (χ4n) is 4.17. The molecule has 0 spiro atoms. The lowest BCUT2D eigenvalue weighted by Gasteiger charge is -2.24. The van der Waals surface area contributed by atoms with Gasteiger partial charge in [0, 0.05) is 24.0 Å². The van der Waals surface area contributed by atoms with Crippen LogP contribution in [0.4, 0.5) is 13.2 Å². The number of rotatable bonds is 5. The van der Waals surface area contributed by atoms with E-state index < -0.39 is 12.1 Å². The number of hydrogen-bond acceptors (Lipinski definition) is 4. The Kier molecular flexibility index (Phi) is 5.97. The highest BCUT2D eigenvalue weighted by atomic mass is 19.4. The molecule has 2 fully saturated rings. The predicted octanol–water partition coefficient (Wildman–Crippen LogP) is 4.99. The molecule has 2 saturated carbocycles. The third kappa shape index (κ3) is 5.23. The normalized spacial score (nSPS) is 18.0. The monoisotopic (exact) mass is 435 g/mol. The average Bonchev–Trinajstić information content (AvgIpc) is 3.17. The highest BCUT2D eigenvalue weighted by Gasteiger charge is 2.38. The first-order valence-electron chi connectivity index (χ1n) is 10.5. The summed E-state index contributed by atoms with van der Waals surface area (Å²) >= 11 is 0. The molecule has 2 N–H and O–H groups in total. The molecule has 0 radical (unpaired) electrons. The van der Waals surface area contributed by atoms with Crippen LogP contribution in [0.2, 0.25) is 0 Å². The zero-order valence-electron chi connectivity index (χ0n) is 16.8. The number of H-pyrrole nitrogens is 1. The molecule has 7 nitrogen and oxygen atoms in total. The maximum absolute atomic E-state index is 10.6. The van der Waals surface area contributed by atoms with Crippen molar-refractivity contribution in [3.8, 4) is 11.4 Å². The maximum atomic E-state index is 10.6. The van der Waals surface area contributed by atoms with Crippen molar-refractivity contribution in [1.82, 2.24) is 24.7 Å². The van der Waals surface area contributed by atoms with Crippen LogP contribution >= 0.6 is 0 Å².